The molecular weight excluding hydrogens is 282 g/mol. The van der Waals surface area contributed by atoms with E-state index in [9.17, 15) is 14.4 Å². The van der Waals surface area contributed by atoms with Crippen molar-refractivity contribution in [3.05, 3.63) is 23.2 Å². The minimum absolute atomic E-state index is 0.292. The van der Waals surface area contributed by atoms with Gasteiger partial charge in [-0.1, -0.05) is 11.6 Å². The van der Waals surface area contributed by atoms with Crippen molar-refractivity contribution in [2.75, 3.05) is 17.6 Å². The molecule has 1 aliphatic heterocycles. The second kappa shape index (κ2) is 5.92. The van der Waals surface area contributed by atoms with E-state index in [1.807, 2.05) is 0 Å². The number of piperidine rings is 1. The fourth-order valence-electron chi connectivity index (χ4n) is 1.96. The van der Waals surface area contributed by atoms with Gasteiger partial charge in [-0.25, -0.2) is 0 Å². The first-order chi connectivity index (χ1) is 9.47. The average molecular weight is 296 g/mol. The van der Waals surface area contributed by atoms with Gasteiger partial charge in [-0.2, -0.15) is 0 Å². The van der Waals surface area contributed by atoms with Crippen molar-refractivity contribution in [3.63, 3.8) is 0 Å². The van der Waals surface area contributed by atoms with Crippen LogP contribution in [-0.2, 0) is 14.4 Å². The fourth-order valence-corrected chi connectivity index (χ4v) is 2.14. The molecule has 0 atom stereocenters. The summed E-state index contributed by atoms with van der Waals surface area (Å²) in [4.78, 5) is 36.0. The molecule has 0 saturated carbocycles. The van der Waals surface area contributed by atoms with Crippen molar-refractivity contribution in [1.29, 1.82) is 0 Å². The van der Waals surface area contributed by atoms with E-state index in [1.165, 1.54) is 6.07 Å². The van der Waals surface area contributed by atoms with Crippen molar-refractivity contribution < 1.29 is 14.4 Å². The van der Waals surface area contributed by atoms with Crippen LogP contribution in [0.2, 0.25) is 5.02 Å². The standard InChI is InChI=1S/C13H14ClN3O3/c14-8-4-5-10(9(15)6-8)16-11(18)7-17-12(19)2-1-3-13(17)20/h4-6H,1-3,7,15H2,(H,16,18). The highest BCUT2D eigenvalue weighted by atomic mass is 35.5. The van der Waals surface area contributed by atoms with E-state index >= 15 is 0 Å². The molecule has 3 N–H and O–H groups in total. The highest BCUT2D eigenvalue weighted by Crippen LogP contribution is 2.22. The number of hydrogen-bond donors (Lipinski definition) is 2. The highest BCUT2D eigenvalue weighted by molar-refractivity contribution is 6.31. The Labute approximate surface area is 120 Å². The maximum absolute atomic E-state index is 11.9. The van der Waals surface area contributed by atoms with Crippen molar-refractivity contribution in [3.8, 4) is 0 Å². The van der Waals surface area contributed by atoms with Gasteiger partial charge in [-0.15, -0.1) is 0 Å². The van der Waals surface area contributed by atoms with Crippen LogP contribution in [0.4, 0.5) is 11.4 Å². The van der Waals surface area contributed by atoms with E-state index in [2.05, 4.69) is 5.32 Å². The molecule has 0 aliphatic carbocycles. The highest BCUT2D eigenvalue weighted by Gasteiger charge is 2.27. The van der Waals surface area contributed by atoms with E-state index in [1.54, 1.807) is 12.1 Å². The Hall–Kier alpha value is -2.08. The lowest BCUT2D eigenvalue weighted by Crippen LogP contribution is -2.44. The zero-order valence-corrected chi connectivity index (χ0v) is 11.4. The SMILES string of the molecule is Nc1cc(Cl)ccc1NC(=O)CN1C(=O)CCCC1=O. The number of hydrogen-bond acceptors (Lipinski definition) is 4. The summed E-state index contributed by atoms with van der Waals surface area (Å²) in [5.74, 6) is -1.11. The third-order valence-electron chi connectivity index (χ3n) is 2.97. The number of likely N-dealkylation sites (tertiary alicyclic amines) is 1. The molecule has 20 heavy (non-hydrogen) atoms. The molecule has 0 bridgehead atoms. The van der Waals surface area contributed by atoms with Gasteiger partial charge in [0.2, 0.25) is 17.7 Å². The van der Waals surface area contributed by atoms with Gasteiger partial charge in [0.05, 0.1) is 11.4 Å². The summed E-state index contributed by atoms with van der Waals surface area (Å²) in [5, 5.41) is 3.02. The van der Waals surface area contributed by atoms with Crippen LogP contribution in [0.1, 0.15) is 19.3 Å². The van der Waals surface area contributed by atoms with Gasteiger partial charge in [0.1, 0.15) is 6.54 Å². The van der Waals surface area contributed by atoms with Gasteiger partial charge in [0.15, 0.2) is 0 Å². The number of amides is 3. The van der Waals surface area contributed by atoms with E-state index in [0.29, 0.717) is 35.7 Å². The van der Waals surface area contributed by atoms with Crippen molar-refractivity contribution >= 4 is 40.7 Å². The number of benzene rings is 1. The normalized spacial score (nSPS) is 15.3. The lowest BCUT2D eigenvalue weighted by molar-refractivity contribution is -0.150. The van der Waals surface area contributed by atoms with Crippen molar-refractivity contribution in [1.82, 2.24) is 4.90 Å². The first kappa shape index (κ1) is 14.3. The van der Waals surface area contributed by atoms with Crippen LogP contribution in [0.25, 0.3) is 0 Å². The summed E-state index contributed by atoms with van der Waals surface area (Å²) in [6, 6.07) is 4.66. The maximum atomic E-state index is 11.9. The summed E-state index contributed by atoms with van der Waals surface area (Å²) < 4.78 is 0. The van der Waals surface area contributed by atoms with Gasteiger partial charge in [0.25, 0.3) is 0 Å². The van der Waals surface area contributed by atoms with Gasteiger partial charge in [0, 0.05) is 17.9 Å². The number of nitrogen functional groups attached to an aromatic ring is 1. The molecular formula is C13H14ClN3O3. The molecule has 0 spiro atoms. The zero-order chi connectivity index (χ0) is 14.7. The number of anilines is 2. The molecule has 0 radical (unpaired) electrons. The predicted molar refractivity (Wildman–Crippen MR) is 75.1 cm³/mol. The van der Waals surface area contributed by atoms with Crippen LogP contribution in [0.5, 0.6) is 0 Å². The molecule has 1 fully saturated rings. The number of halogens is 1. The number of carbonyl (C=O) groups excluding carboxylic acids is 3. The Morgan fingerprint density at radius 3 is 2.55 bits per heavy atom. The first-order valence-corrected chi connectivity index (χ1v) is 6.53. The first-order valence-electron chi connectivity index (χ1n) is 6.15. The predicted octanol–water partition coefficient (Wildman–Crippen LogP) is 1.40. The minimum atomic E-state index is -0.470. The quantitative estimate of drug-likeness (QED) is 0.651. The van der Waals surface area contributed by atoms with Crippen LogP contribution in [-0.4, -0.2) is 29.2 Å². The van der Waals surface area contributed by atoms with Gasteiger partial charge in [-0.05, 0) is 24.6 Å². The number of imide groups is 1. The molecule has 7 heteroatoms. The second-order valence-corrected chi connectivity index (χ2v) is 4.94. The third-order valence-corrected chi connectivity index (χ3v) is 3.21. The van der Waals surface area contributed by atoms with Crippen LogP contribution >= 0.6 is 11.6 Å². The number of nitrogens with zero attached hydrogens (tertiary/aromatic N) is 1. The molecule has 1 heterocycles. The number of nitrogens with one attached hydrogen (secondary N) is 1. The lowest BCUT2D eigenvalue weighted by atomic mass is 10.1. The summed E-state index contributed by atoms with van der Waals surface area (Å²) in [6.45, 7) is -0.292. The van der Waals surface area contributed by atoms with Crippen molar-refractivity contribution in [2.45, 2.75) is 19.3 Å². The summed E-state index contributed by atoms with van der Waals surface area (Å²) >= 11 is 5.76. The largest absolute Gasteiger partial charge is 0.397 e. The molecule has 0 unspecified atom stereocenters. The smallest absolute Gasteiger partial charge is 0.244 e. The molecule has 106 valence electrons. The minimum Gasteiger partial charge on any atom is -0.397 e. The molecule has 6 nitrogen and oxygen atoms in total. The lowest BCUT2D eigenvalue weighted by Gasteiger charge is -2.24. The van der Waals surface area contributed by atoms with Crippen molar-refractivity contribution in [2.24, 2.45) is 0 Å². The zero-order valence-electron chi connectivity index (χ0n) is 10.7. The van der Waals surface area contributed by atoms with E-state index in [-0.39, 0.29) is 18.4 Å². The Morgan fingerprint density at radius 2 is 1.95 bits per heavy atom. The maximum Gasteiger partial charge on any atom is 0.244 e. The van der Waals surface area contributed by atoms with Gasteiger partial charge >= 0.3 is 0 Å². The Morgan fingerprint density at radius 1 is 1.30 bits per heavy atom. The topological polar surface area (TPSA) is 92.5 Å². The van der Waals surface area contributed by atoms with Crippen LogP contribution < -0.4 is 11.1 Å². The summed E-state index contributed by atoms with van der Waals surface area (Å²) in [7, 11) is 0. The fraction of sp³-hybridized carbons (Fsp3) is 0.308. The Bertz CT molecular complexity index is 558. The van der Waals surface area contributed by atoms with E-state index in [4.69, 9.17) is 17.3 Å². The van der Waals surface area contributed by atoms with E-state index in [0.717, 1.165) is 4.90 Å². The number of nitrogens with two attached hydrogens (primary N) is 1. The van der Waals surface area contributed by atoms with Gasteiger partial charge < -0.3 is 11.1 Å². The van der Waals surface area contributed by atoms with E-state index < -0.39 is 5.91 Å². The Kier molecular flexibility index (Phi) is 4.24. The third kappa shape index (κ3) is 3.27. The van der Waals surface area contributed by atoms with Crippen LogP contribution in [0.3, 0.4) is 0 Å². The Balaban J connectivity index is 2.01. The average Bonchev–Trinajstić information content (AvgIpc) is 2.37. The molecule has 3 amide bonds. The second-order valence-electron chi connectivity index (χ2n) is 4.51. The van der Waals surface area contributed by atoms with Crippen LogP contribution in [0, 0.1) is 0 Å². The monoisotopic (exact) mass is 295 g/mol. The van der Waals surface area contributed by atoms with Crippen LogP contribution in [0.15, 0.2) is 18.2 Å². The molecule has 1 aliphatic rings. The summed E-state index contributed by atoms with van der Waals surface area (Å²) in [6.07, 6.45) is 1.13. The van der Waals surface area contributed by atoms with Gasteiger partial charge in [-0.3, -0.25) is 19.3 Å². The molecule has 0 aromatic heterocycles. The summed E-state index contributed by atoms with van der Waals surface area (Å²) in [5.41, 5.74) is 6.43. The molecule has 2 rings (SSSR count). The molecule has 1 saturated heterocycles. The molecule has 1 aromatic rings. The number of carbonyl (C=O) groups is 3. The number of rotatable bonds is 3. The molecule has 1 aromatic carbocycles.